The molecule has 0 unspecified atom stereocenters. The van der Waals surface area contributed by atoms with Crippen molar-refractivity contribution >= 4 is 17.9 Å². The number of esters is 3. The predicted octanol–water partition coefficient (Wildman–Crippen LogP) is 11.3. The minimum atomic E-state index is -0.769. The fourth-order valence-corrected chi connectivity index (χ4v) is 5.20. The average molecular weight is 635 g/mol. The number of rotatable bonds is 33. The predicted molar refractivity (Wildman–Crippen MR) is 187 cm³/mol. The Hall–Kier alpha value is -2.11. The summed E-state index contributed by atoms with van der Waals surface area (Å²) in [6.45, 7) is 5.61. The third-order valence-electron chi connectivity index (χ3n) is 8.02. The molecule has 0 aliphatic heterocycles. The molecule has 0 spiro atoms. The second-order valence-corrected chi connectivity index (χ2v) is 12.6. The van der Waals surface area contributed by atoms with E-state index in [1.54, 1.807) is 0 Å². The molecule has 0 aliphatic rings. The first-order valence-corrected chi connectivity index (χ1v) is 18.8. The summed E-state index contributed by atoms with van der Waals surface area (Å²) in [6, 6.07) is 0. The van der Waals surface area contributed by atoms with E-state index in [9.17, 15) is 14.4 Å². The van der Waals surface area contributed by atoms with E-state index in [0.29, 0.717) is 12.8 Å². The molecule has 0 heterocycles. The van der Waals surface area contributed by atoms with Crippen LogP contribution in [0.1, 0.15) is 188 Å². The van der Waals surface area contributed by atoms with E-state index in [0.717, 1.165) is 64.2 Å². The maximum Gasteiger partial charge on any atom is 0.306 e. The quantitative estimate of drug-likeness (QED) is 0.0309. The zero-order valence-corrected chi connectivity index (χ0v) is 29.6. The molecule has 0 aromatic carbocycles. The van der Waals surface area contributed by atoms with Gasteiger partial charge in [0.05, 0.1) is 0 Å². The monoisotopic (exact) mass is 635 g/mol. The van der Waals surface area contributed by atoms with Crippen molar-refractivity contribution in [1.29, 1.82) is 0 Å². The number of allylic oxidation sites excluding steroid dienone is 4. The first kappa shape index (κ1) is 42.9. The van der Waals surface area contributed by atoms with Crippen molar-refractivity contribution < 1.29 is 28.6 Å². The van der Waals surface area contributed by atoms with Crippen LogP contribution in [0.4, 0.5) is 0 Å². The molecule has 0 N–H and O–H groups in total. The molecule has 0 bridgehead atoms. The van der Waals surface area contributed by atoms with Crippen molar-refractivity contribution in [3.8, 4) is 0 Å². The molecule has 0 aromatic rings. The van der Waals surface area contributed by atoms with Crippen LogP contribution in [0.2, 0.25) is 0 Å². The Morgan fingerprint density at radius 1 is 0.489 bits per heavy atom. The fourth-order valence-electron chi connectivity index (χ4n) is 5.20. The van der Waals surface area contributed by atoms with Crippen LogP contribution in [0.15, 0.2) is 24.3 Å². The SMILES string of the molecule is CCCCCC=CCC=CCCCCCCCC(=O)O[C@@H](COC(C)=O)COC(=O)CCCCCCCCCCCCCCC. The molecule has 0 saturated carbocycles. The Balaban J connectivity index is 3.89. The fraction of sp³-hybridized carbons (Fsp3) is 0.821. The maximum atomic E-state index is 12.4. The highest BCUT2D eigenvalue weighted by Crippen LogP contribution is 2.14. The van der Waals surface area contributed by atoms with Gasteiger partial charge in [0.25, 0.3) is 0 Å². The zero-order valence-electron chi connectivity index (χ0n) is 29.6. The summed E-state index contributed by atoms with van der Waals surface area (Å²) in [5.74, 6) is -1.09. The summed E-state index contributed by atoms with van der Waals surface area (Å²) in [5.41, 5.74) is 0. The van der Waals surface area contributed by atoms with E-state index < -0.39 is 12.1 Å². The zero-order chi connectivity index (χ0) is 33.1. The molecule has 0 aliphatic carbocycles. The molecule has 0 amide bonds. The highest BCUT2D eigenvalue weighted by atomic mass is 16.6. The number of carbonyl (C=O) groups excluding carboxylic acids is 3. The number of ether oxygens (including phenoxy) is 3. The van der Waals surface area contributed by atoms with Crippen LogP contribution in [-0.2, 0) is 28.6 Å². The smallest absolute Gasteiger partial charge is 0.306 e. The molecule has 0 saturated heterocycles. The summed E-state index contributed by atoms with van der Waals surface area (Å²) in [6.07, 6.45) is 37.6. The lowest BCUT2D eigenvalue weighted by Crippen LogP contribution is -2.30. The van der Waals surface area contributed by atoms with Gasteiger partial charge in [-0.1, -0.05) is 147 Å². The maximum absolute atomic E-state index is 12.4. The lowest BCUT2D eigenvalue weighted by molar-refractivity contribution is -0.166. The summed E-state index contributed by atoms with van der Waals surface area (Å²) >= 11 is 0. The molecule has 1 atom stereocenters. The van der Waals surface area contributed by atoms with Crippen LogP contribution in [0.25, 0.3) is 0 Å². The van der Waals surface area contributed by atoms with Gasteiger partial charge < -0.3 is 14.2 Å². The highest BCUT2D eigenvalue weighted by Gasteiger charge is 2.18. The summed E-state index contributed by atoms with van der Waals surface area (Å²) in [7, 11) is 0. The Morgan fingerprint density at radius 3 is 1.40 bits per heavy atom. The van der Waals surface area contributed by atoms with Gasteiger partial charge in [0.15, 0.2) is 6.10 Å². The van der Waals surface area contributed by atoms with E-state index in [4.69, 9.17) is 14.2 Å². The van der Waals surface area contributed by atoms with Crippen LogP contribution in [0.5, 0.6) is 0 Å². The highest BCUT2D eigenvalue weighted by molar-refractivity contribution is 5.70. The molecule has 6 nitrogen and oxygen atoms in total. The van der Waals surface area contributed by atoms with Crippen LogP contribution in [-0.4, -0.2) is 37.2 Å². The normalized spacial score (nSPS) is 12.2. The van der Waals surface area contributed by atoms with E-state index in [2.05, 4.69) is 38.2 Å². The van der Waals surface area contributed by atoms with E-state index in [1.807, 2.05) is 0 Å². The third kappa shape index (κ3) is 34.6. The lowest BCUT2D eigenvalue weighted by Gasteiger charge is -2.17. The number of unbranched alkanes of at least 4 members (excludes halogenated alkanes) is 20. The Labute approximate surface area is 277 Å². The first-order valence-electron chi connectivity index (χ1n) is 18.8. The number of hydrogen-bond acceptors (Lipinski definition) is 6. The minimum absolute atomic E-state index is 0.0849. The van der Waals surface area contributed by atoms with Crippen LogP contribution < -0.4 is 0 Å². The third-order valence-corrected chi connectivity index (χ3v) is 8.02. The second kappa shape index (κ2) is 34.8. The van der Waals surface area contributed by atoms with Crippen molar-refractivity contribution in [1.82, 2.24) is 0 Å². The van der Waals surface area contributed by atoms with Crippen LogP contribution >= 0.6 is 0 Å². The number of carbonyl (C=O) groups is 3. The number of hydrogen-bond donors (Lipinski definition) is 0. The summed E-state index contributed by atoms with van der Waals surface area (Å²) in [4.78, 5) is 35.9. The Kier molecular flexibility index (Phi) is 33.1. The van der Waals surface area contributed by atoms with Crippen molar-refractivity contribution in [2.75, 3.05) is 13.2 Å². The van der Waals surface area contributed by atoms with Crippen LogP contribution in [0, 0.1) is 0 Å². The largest absolute Gasteiger partial charge is 0.462 e. The molecule has 0 radical (unpaired) electrons. The standard InChI is InChI=1S/C39H70O6/c1-4-6-8-10-12-14-16-18-19-21-23-25-27-29-31-33-39(42)45-37(34-43-36(3)40)35-44-38(41)32-30-28-26-24-22-20-17-15-13-11-9-7-5-2/h12,14,18-19,37H,4-11,13,15-17,20-35H2,1-3H3/t37-/m0/s1. The van der Waals surface area contributed by atoms with Gasteiger partial charge in [0.1, 0.15) is 13.2 Å². The van der Waals surface area contributed by atoms with Gasteiger partial charge in [0, 0.05) is 19.8 Å². The molecule has 0 aromatic heterocycles. The van der Waals surface area contributed by atoms with Crippen molar-refractivity contribution in [3.05, 3.63) is 24.3 Å². The van der Waals surface area contributed by atoms with E-state index >= 15 is 0 Å². The second-order valence-electron chi connectivity index (χ2n) is 12.6. The van der Waals surface area contributed by atoms with E-state index in [-0.39, 0.29) is 25.2 Å². The topological polar surface area (TPSA) is 78.9 Å². The minimum Gasteiger partial charge on any atom is -0.462 e. The van der Waals surface area contributed by atoms with Gasteiger partial charge in [-0.25, -0.2) is 0 Å². The van der Waals surface area contributed by atoms with Gasteiger partial charge >= 0.3 is 17.9 Å². The van der Waals surface area contributed by atoms with Crippen LogP contribution in [0.3, 0.4) is 0 Å². The van der Waals surface area contributed by atoms with Gasteiger partial charge in [0.2, 0.25) is 0 Å². The molecule has 0 fully saturated rings. The average Bonchev–Trinajstić information content (AvgIpc) is 3.02. The van der Waals surface area contributed by atoms with E-state index in [1.165, 1.54) is 96.8 Å². The van der Waals surface area contributed by atoms with Gasteiger partial charge in [-0.2, -0.15) is 0 Å². The summed E-state index contributed by atoms with van der Waals surface area (Å²) < 4.78 is 15.9. The molecule has 45 heavy (non-hydrogen) atoms. The van der Waals surface area contributed by atoms with Crippen molar-refractivity contribution in [3.63, 3.8) is 0 Å². The van der Waals surface area contributed by atoms with Gasteiger partial charge in [-0.15, -0.1) is 0 Å². The molecular weight excluding hydrogens is 564 g/mol. The Morgan fingerprint density at radius 2 is 0.889 bits per heavy atom. The molecule has 6 heteroatoms. The summed E-state index contributed by atoms with van der Waals surface area (Å²) in [5, 5.41) is 0. The van der Waals surface area contributed by atoms with Crippen molar-refractivity contribution in [2.45, 2.75) is 194 Å². The molecule has 0 rings (SSSR count). The van der Waals surface area contributed by atoms with Crippen molar-refractivity contribution in [2.24, 2.45) is 0 Å². The lowest BCUT2D eigenvalue weighted by atomic mass is 10.0. The van der Waals surface area contributed by atoms with Gasteiger partial charge in [-0.05, 0) is 44.9 Å². The first-order chi connectivity index (χ1) is 22.0. The van der Waals surface area contributed by atoms with Gasteiger partial charge in [-0.3, -0.25) is 14.4 Å². The molecular formula is C39H70O6. The molecule has 262 valence electrons. The Bertz CT molecular complexity index is 744.